The van der Waals surface area contributed by atoms with Gasteiger partial charge in [-0.1, -0.05) is 13.0 Å². The summed E-state index contributed by atoms with van der Waals surface area (Å²) in [5.41, 5.74) is 0.905. The first-order valence-electron chi connectivity index (χ1n) is 7.24. The molecule has 0 radical (unpaired) electrons. The molecule has 0 amide bonds. The maximum absolute atomic E-state index is 9.41. The second kappa shape index (κ2) is 6.52. The summed E-state index contributed by atoms with van der Waals surface area (Å²) in [6, 6.07) is 4.06. The largest absolute Gasteiger partial charge is 0.394 e. The Kier molecular flexibility index (Phi) is 4.96. The molecule has 1 aromatic heterocycles. The lowest BCUT2D eigenvalue weighted by atomic mass is 10.0. The Bertz CT molecular complexity index is 437. The Morgan fingerprint density at radius 1 is 1.55 bits per heavy atom. The van der Waals surface area contributed by atoms with Gasteiger partial charge in [0, 0.05) is 31.4 Å². The van der Waals surface area contributed by atoms with Crippen molar-refractivity contribution in [2.24, 2.45) is 0 Å². The Balaban J connectivity index is 2.21. The van der Waals surface area contributed by atoms with Crippen molar-refractivity contribution >= 4 is 5.82 Å². The lowest BCUT2D eigenvalue weighted by molar-refractivity contribution is -0.101. The lowest BCUT2D eigenvalue weighted by Gasteiger charge is -2.43. The molecule has 1 unspecified atom stereocenters. The zero-order chi connectivity index (χ0) is 14.6. The second-order valence-electron chi connectivity index (χ2n) is 5.83. The standard InChI is InChI=1S/C15H25N3O2/c1-4-16-8-12-6-5-7-17-14(12)18-9-13(10-19)20-15(2,3)11-18/h5-7,13,16,19H,4,8-11H2,1-3H3. The van der Waals surface area contributed by atoms with Crippen LogP contribution >= 0.6 is 0 Å². The predicted octanol–water partition coefficient (Wildman–Crippen LogP) is 1.17. The third-order valence-corrected chi connectivity index (χ3v) is 3.42. The van der Waals surface area contributed by atoms with E-state index in [1.807, 2.05) is 12.3 Å². The number of hydrogen-bond donors (Lipinski definition) is 2. The minimum Gasteiger partial charge on any atom is -0.394 e. The van der Waals surface area contributed by atoms with Gasteiger partial charge in [0.05, 0.1) is 18.3 Å². The lowest BCUT2D eigenvalue weighted by Crippen LogP contribution is -2.54. The van der Waals surface area contributed by atoms with Gasteiger partial charge in [0.15, 0.2) is 0 Å². The number of nitrogens with one attached hydrogen (secondary N) is 1. The first-order valence-corrected chi connectivity index (χ1v) is 7.24. The SMILES string of the molecule is CCNCc1cccnc1N1CC(CO)OC(C)(C)C1. The number of hydrogen-bond acceptors (Lipinski definition) is 5. The van der Waals surface area contributed by atoms with E-state index >= 15 is 0 Å². The molecule has 5 heteroatoms. The third kappa shape index (κ3) is 3.69. The van der Waals surface area contributed by atoms with Crippen LogP contribution in [0.5, 0.6) is 0 Å². The van der Waals surface area contributed by atoms with Crippen molar-refractivity contribution in [3.8, 4) is 0 Å². The molecule has 0 spiro atoms. The minimum atomic E-state index is -0.279. The molecule has 20 heavy (non-hydrogen) atoms. The van der Waals surface area contributed by atoms with Gasteiger partial charge in [-0.05, 0) is 26.5 Å². The second-order valence-corrected chi connectivity index (χ2v) is 5.83. The maximum atomic E-state index is 9.41. The molecule has 1 saturated heterocycles. The number of aromatic nitrogens is 1. The number of anilines is 1. The molecule has 2 N–H and O–H groups in total. The average molecular weight is 279 g/mol. The van der Waals surface area contributed by atoms with Crippen molar-refractivity contribution in [2.45, 2.75) is 39.0 Å². The van der Waals surface area contributed by atoms with Crippen LogP contribution in [-0.2, 0) is 11.3 Å². The summed E-state index contributed by atoms with van der Waals surface area (Å²) in [6.45, 7) is 9.42. The quantitative estimate of drug-likeness (QED) is 0.847. The molecule has 2 rings (SSSR count). The van der Waals surface area contributed by atoms with Crippen LogP contribution < -0.4 is 10.2 Å². The summed E-state index contributed by atoms with van der Waals surface area (Å²) >= 11 is 0. The van der Waals surface area contributed by atoms with E-state index in [2.05, 4.69) is 42.0 Å². The maximum Gasteiger partial charge on any atom is 0.133 e. The number of ether oxygens (including phenoxy) is 1. The Morgan fingerprint density at radius 3 is 3.05 bits per heavy atom. The summed E-state index contributed by atoms with van der Waals surface area (Å²) in [5, 5.41) is 12.8. The highest BCUT2D eigenvalue weighted by molar-refractivity contribution is 5.47. The van der Waals surface area contributed by atoms with Gasteiger partial charge in [-0.3, -0.25) is 0 Å². The fourth-order valence-corrected chi connectivity index (χ4v) is 2.66. The highest BCUT2D eigenvalue weighted by Crippen LogP contribution is 2.26. The van der Waals surface area contributed by atoms with Gasteiger partial charge in [-0.25, -0.2) is 4.98 Å². The van der Waals surface area contributed by atoms with Crippen LogP contribution in [0, 0.1) is 0 Å². The van der Waals surface area contributed by atoms with Crippen LogP contribution in [0.1, 0.15) is 26.3 Å². The topological polar surface area (TPSA) is 57.6 Å². The number of morpholine rings is 1. The molecule has 1 atom stereocenters. The minimum absolute atomic E-state index is 0.0370. The number of aliphatic hydroxyl groups is 1. The van der Waals surface area contributed by atoms with Crippen molar-refractivity contribution < 1.29 is 9.84 Å². The average Bonchev–Trinajstić information content (AvgIpc) is 2.43. The van der Waals surface area contributed by atoms with Crippen LogP contribution in [0.25, 0.3) is 0 Å². The molecule has 5 nitrogen and oxygen atoms in total. The first kappa shape index (κ1) is 15.2. The van der Waals surface area contributed by atoms with Crippen molar-refractivity contribution in [3.05, 3.63) is 23.9 Å². The van der Waals surface area contributed by atoms with Crippen molar-refractivity contribution in [1.29, 1.82) is 0 Å². The highest BCUT2D eigenvalue weighted by atomic mass is 16.5. The zero-order valence-corrected chi connectivity index (χ0v) is 12.6. The summed E-state index contributed by atoms with van der Waals surface area (Å²) in [6.07, 6.45) is 1.66. The molecule has 0 aromatic carbocycles. The van der Waals surface area contributed by atoms with Crippen LogP contribution in [0.15, 0.2) is 18.3 Å². The monoisotopic (exact) mass is 279 g/mol. The van der Waals surface area contributed by atoms with Crippen molar-refractivity contribution in [3.63, 3.8) is 0 Å². The predicted molar refractivity (Wildman–Crippen MR) is 79.9 cm³/mol. The number of pyridine rings is 1. The number of rotatable bonds is 5. The van der Waals surface area contributed by atoms with Crippen LogP contribution in [0.4, 0.5) is 5.82 Å². The van der Waals surface area contributed by atoms with E-state index in [0.717, 1.165) is 25.5 Å². The highest BCUT2D eigenvalue weighted by Gasteiger charge is 2.34. The van der Waals surface area contributed by atoms with E-state index in [1.54, 1.807) is 0 Å². The number of aliphatic hydroxyl groups excluding tert-OH is 1. The molecule has 1 aliphatic rings. The molecule has 0 saturated carbocycles. The molecule has 1 aromatic rings. The van der Waals surface area contributed by atoms with Gasteiger partial charge in [-0.2, -0.15) is 0 Å². The van der Waals surface area contributed by atoms with Gasteiger partial charge in [0.1, 0.15) is 5.82 Å². The van der Waals surface area contributed by atoms with Gasteiger partial charge < -0.3 is 20.1 Å². The van der Waals surface area contributed by atoms with Gasteiger partial charge >= 0.3 is 0 Å². The number of nitrogens with zero attached hydrogens (tertiary/aromatic N) is 2. The third-order valence-electron chi connectivity index (χ3n) is 3.42. The van der Waals surface area contributed by atoms with Crippen molar-refractivity contribution in [1.82, 2.24) is 10.3 Å². The molecule has 0 bridgehead atoms. The fourth-order valence-electron chi connectivity index (χ4n) is 2.66. The molecular formula is C15H25N3O2. The van der Waals surface area contributed by atoms with Gasteiger partial charge in [-0.15, -0.1) is 0 Å². The summed E-state index contributed by atoms with van der Waals surface area (Å²) < 4.78 is 5.86. The Hall–Kier alpha value is -1.17. The molecule has 112 valence electrons. The zero-order valence-electron chi connectivity index (χ0n) is 12.6. The molecule has 0 aliphatic carbocycles. The summed E-state index contributed by atoms with van der Waals surface area (Å²) in [7, 11) is 0. The summed E-state index contributed by atoms with van der Waals surface area (Å²) in [5.74, 6) is 0.989. The van der Waals surface area contributed by atoms with Gasteiger partial charge in [0.25, 0.3) is 0 Å². The normalized spacial score (nSPS) is 22.0. The van der Waals surface area contributed by atoms with Crippen LogP contribution in [0.2, 0.25) is 0 Å². The molecule has 1 aliphatic heterocycles. The summed E-state index contributed by atoms with van der Waals surface area (Å²) in [4.78, 5) is 6.76. The van der Waals surface area contributed by atoms with E-state index in [-0.39, 0.29) is 18.3 Å². The van der Waals surface area contributed by atoms with Crippen LogP contribution in [0.3, 0.4) is 0 Å². The smallest absolute Gasteiger partial charge is 0.133 e. The van der Waals surface area contributed by atoms with E-state index in [0.29, 0.717) is 6.54 Å². The fraction of sp³-hybridized carbons (Fsp3) is 0.667. The van der Waals surface area contributed by atoms with E-state index in [9.17, 15) is 5.11 Å². The molecule has 2 heterocycles. The molecular weight excluding hydrogens is 254 g/mol. The Labute approximate surface area is 121 Å². The van der Waals surface area contributed by atoms with E-state index in [1.165, 1.54) is 5.56 Å². The Morgan fingerprint density at radius 2 is 2.35 bits per heavy atom. The van der Waals surface area contributed by atoms with E-state index < -0.39 is 0 Å². The van der Waals surface area contributed by atoms with Gasteiger partial charge in [0.2, 0.25) is 0 Å². The van der Waals surface area contributed by atoms with Crippen molar-refractivity contribution in [2.75, 3.05) is 31.1 Å². The molecule has 1 fully saturated rings. The first-order chi connectivity index (χ1) is 9.55. The van der Waals surface area contributed by atoms with Crippen LogP contribution in [-0.4, -0.2) is 48.0 Å². The van der Waals surface area contributed by atoms with E-state index in [4.69, 9.17) is 4.74 Å².